The first-order chi connectivity index (χ1) is 10.2. The molecule has 0 amide bonds. The maximum absolute atomic E-state index is 13.5. The SMILES string of the molecule is Cc1c(F)ncnc1NC1CC2c3ccccc3CCC12. The Morgan fingerprint density at radius 3 is 3.00 bits per heavy atom. The normalized spacial score (nSPS) is 26.5. The van der Waals surface area contributed by atoms with Crippen molar-refractivity contribution in [2.24, 2.45) is 5.92 Å². The third-order valence-corrected chi connectivity index (χ3v) is 5.09. The number of hydrogen-bond acceptors (Lipinski definition) is 3. The Hall–Kier alpha value is -1.97. The summed E-state index contributed by atoms with van der Waals surface area (Å²) in [6.07, 6.45) is 4.74. The van der Waals surface area contributed by atoms with Gasteiger partial charge in [0.15, 0.2) is 0 Å². The van der Waals surface area contributed by atoms with Crippen LogP contribution in [0.1, 0.15) is 35.4 Å². The maximum Gasteiger partial charge on any atom is 0.220 e. The van der Waals surface area contributed by atoms with Crippen molar-refractivity contribution >= 4 is 5.82 Å². The minimum absolute atomic E-state index is 0.399. The number of benzene rings is 1. The van der Waals surface area contributed by atoms with Crippen LogP contribution in [0, 0.1) is 18.8 Å². The Labute approximate surface area is 123 Å². The number of fused-ring (bicyclic) bond motifs is 3. The van der Waals surface area contributed by atoms with Gasteiger partial charge in [-0.3, -0.25) is 0 Å². The molecule has 108 valence electrons. The van der Waals surface area contributed by atoms with E-state index in [4.69, 9.17) is 0 Å². The van der Waals surface area contributed by atoms with Crippen molar-refractivity contribution in [2.75, 3.05) is 5.32 Å². The van der Waals surface area contributed by atoms with E-state index in [1.807, 2.05) is 0 Å². The summed E-state index contributed by atoms with van der Waals surface area (Å²) in [4.78, 5) is 7.76. The number of nitrogens with one attached hydrogen (secondary N) is 1. The van der Waals surface area contributed by atoms with Crippen LogP contribution in [-0.2, 0) is 6.42 Å². The molecule has 0 aliphatic heterocycles. The van der Waals surface area contributed by atoms with Gasteiger partial charge in [-0.15, -0.1) is 0 Å². The molecule has 0 spiro atoms. The molecule has 0 radical (unpaired) electrons. The molecule has 21 heavy (non-hydrogen) atoms. The number of aryl methyl sites for hydroxylation is 1. The Morgan fingerprint density at radius 1 is 1.24 bits per heavy atom. The highest BCUT2D eigenvalue weighted by atomic mass is 19.1. The van der Waals surface area contributed by atoms with E-state index in [2.05, 4.69) is 39.6 Å². The molecule has 1 aromatic carbocycles. The fourth-order valence-electron chi connectivity index (χ4n) is 3.83. The summed E-state index contributed by atoms with van der Waals surface area (Å²) >= 11 is 0. The molecule has 3 unspecified atom stereocenters. The van der Waals surface area contributed by atoms with Crippen molar-refractivity contribution in [1.29, 1.82) is 0 Å². The summed E-state index contributed by atoms with van der Waals surface area (Å²) in [6.45, 7) is 1.73. The number of hydrogen-bond donors (Lipinski definition) is 1. The molecule has 1 N–H and O–H groups in total. The van der Waals surface area contributed by atoms with Crippen LogP contribution in [0.5, 0.6) is 0 Å². The van der Waals surface area contributed by atoms with Crippen LogP contribution >= 0.6 is 0 Å². The van der Waals surface area contributed by atoms with Gasteiger partial charge in [-0.2, -0.15) is 4.39 Å². The first-order valence-corrected chi connectivity index (χ1v) is 7.55. The molecule has 0 saturated heterocycles. The van der Waals surface area contributed by atoms with E-state index in [1.54, 1.807) is 6.92 Å². The van der Waals surface area contributed by atoms with Gasteiger partial charge in [0.25, 0.3) is 0 Å². The molecule has 4 heteroatoms. The lowest BCUT2D eigenvalue weighted by molar-refractivity contribution is 0.194. The third-order valence-electron chi connectivity index (χ3n) is 5.09. The summed E-state index contributed by atoms with van der Waals surface area (Å²) in [5.41, 5.74) is 3.52. The highest BCUT2D eigenvalue weighted by Gasteiger charge is 2.44. The lowest BCUT2D eigenvalue weighted by Gasteiger charge is -2.49. The van der Waals surface area contributed by atoms with Gasteiger partial charge in [0.05, 0.1) is 0 Å². The van der Waals surface area contributed by atoms with Crippen molar-refractivity contribution < 1.29 is 4.39 Å². The molecule has 3 nitrogen and oxygen atoms in total. The van der Waals surface area contributed by atoms with E-state index in [1.165, 1.54) is 23.9 Å². The zero-order valence-corrected chi connectivity index (χ0v) is 12.0. The lowest BCUT2D eigenvalue weighted by atomic mass is 9.60. The van der Waals surface area contributed by atoms with Crippen molar-refractivity contribution in [1.82, 2.24) is 9.97 Å². The zero-order chi connectivity index (χ0) is 14.4. The van der Waals surface area contributed by atoms with Crippen molar-refractivity contribution in [3.63, 3.8) is 0 Å². The molecule has 1 heterocycles. The fourth-order valence-corrected chi connectivity index (χ4v) is 3.83. The monoisotopic (exact) mass is 283 g/mol. The highest BCUT2D eigenvalue weighted by Crippen LogP contribution is 2.50. The van der Waals surface area contributed by atoms with Gasteiger partial charge in [-0.25, -0.2) is 9.97 Å². The van der Waals surface area contributed by atoms with Crippen molar-refractivity contribution in [2.45, 2.75) is 38.1 Å². The van der Waals surface area contributed by atoms with E-state index in [0.29, 0.717) is 29.3 Å². The average Bonchev–Trinajstić information content (AvgIpc) is 2.48. The lowest BCUT2D eigenvalue weighted by Crippen LogP contribution is -2.47. The minimum atomic E-state index is -0.433. The van der Waals surface area contributed by atoms with E-state index < -0.39 is 5.95 Å². The zero-order valence-electron chi connectivity index (χ0n) is 12.0. The number of anilines is 1. The molecule has 1 saturated carbocycles. The molecule has 3 atom stereocenters. The molecule has 1 aromatic heterocycles. The molecule has 0 bridgehead atoms. The summed E-state index contributed by atoms with van der Waals surface area (Å²) < 4.78 is 13.5. The molecule has 1 fully saturated rings. The van der Waals surface area contributed by atoms with Gasteiger partial charge in [0.1, 0.15) is 12.1 Å². The first-order valence-electron chi connectivity index (χ1n) is 7.55. The number of aromatic nitrogens is 2. The average molecular weight is 283 g/mol. The van der Waals surface area contributed by atoms with E-state index >= 15 is 0 Å². The third kappa shape index (κ3) is 2.01. The van der Waals surface area contributed by atoms with Crippen LogP contribution in [-0.4, -0.2) is 16.0 Å². The molecule has 2 aromatic rings. The molecular weight excluding hydrogens is 265 g/mol. The van der Waals surface area contributed by atoms with Gasteiger partial charge in [0, 0.05) is 11.6 Å². The second-order valence-corrected chi connectivity index (χ2v) is 6.13. The fraction of sp³-hybridized carbons (Fsp3) is 0.412. The molecule has 4 rings (SSSR count). The summed E-state index contributed by atoms with van der Waals surface area (Å²) in [5, 5.41) is 3.43. The Morgan fingerprint density at radius 2 is 2.10 bits per heavy atom. The Balaban J connectivity index is 1.53. The number of rotatable bonds is 2. The molecule has 2 aliphatic rings. The van der Waals surface area contributed by atoms with Gasteiger partial charge in [0.2, 0.25) is 5.95 Å². The Bertz CT molecular complexity index is 685. The van der Waals surface area contributed by atoms with Crippen LogP contribution in [0.25, 0.3) is 0 Å². The van der Waals surface area contributed by atoms with Gasteiger partial charge >= 0.3 is 0 Å². The number of halogens is 1. The predicted molar refractivity (Wildman–Crippen MR) is 79.7 cm³/mol. The van der Waals surface area contributed by atoms with Crippen LogP contribution < -0.4 is 5.32 Å². The van der Waals surface area contributed by atoms with Crippen LogP contribution in [0.3, 0.4) is 0 Å². The second-order valence-electron chi connectivity index (χ2n) is 6.13. The van der Waals surface area contributed by atoms with Gasteiger partial charge in [-0.1, -0.05) is 24.3 Å². The van der Waals surface area contributed by atoms with Crippen LogP contribution in [0.4, 0.5) is 10.2 Å². The molecular formula is C17H18FN3. The summed E-state index contributed by atoms with van der Waals surface area (Å²) in [7, 11) is 0. The number of nitrogens with zero attached hydrogens (tertiary/aromatic N) is 2. The Kier molecular flexibility index (Phi) is 2.91. The quantitative estimate of drug-likeness (QED) is 0.858. The summed E-state index contributed by atoms with van der Waals surface area (Å²) in [6, 6.07) is 9.16. The highest BCUT2D eigenvalue weighted by molar-refractivity contribution is 5.46. The first kappa shape index (κ1) is 12.7. The largest absolute Gasteiger partial charge is 0.367 e. The standard InChI is InChI=1S/C17H18FN3/c1-10-16(18)19-9-20-17(10)21-15-8-14-12-5-3-2-4-11(12)6-7-13(14)15/h2-5,9,13-15H,6-8H2,1H3,(H,19,20,21). The van der Waals surface area contributed by atoms with Crippen molar-refractivity contribution in [3.8, 4) is 0 Å². The predicted octanol–water partition coefficient (Wildman–Crippen LogP) is 3.45. The topological polar surface area (TPSA) is 37.8 Å². The van der Waals surface area contributed by atoms with E-state index in [9.17, 15) is 4.39 Å². The van der Waals surface area contributed by atoms with E-state index in [0.717, 1.165) is 12.8 Å². The smallest absolute Gasteiger partial charge is 0.220 e. The van der Waals surface area contributed by atoms with Gasteiger partial charge in [-0.05, 0) is 49.1 Å². The minimum Gasteiger partial charge on any atom is -0.367 e. The van der Waals surface area contributed by atoms with Crippen molar-refractivity contribution in [3.05, 3.63) is 53.2 Å². The summed E-state index contributed by atoms with van der Waals surface area (Å²) in [5.74, 6) is 1.50. The van der Waals surface area contributed by atoms with E-state index in [-0.39, 0.29) is 0 Å². The molecule has 2 aliphatic carbocycles. The second kappa shape index (κ2) is 4.79. The maximum atomic E-state index is 13.5. The van der Waals surface area contributed by atoms with Crippen LogP contribution in [0.15, 0.2) is 30.6 Å². The van der Waals surface area contributed by atoms with Crippen LogP contribution in [0.2, 0.25) is 0 Å². The van der Waals surface area contributed by atoms with Gasteiger partial charge < -0.3 is 5.32 Å².